The smallest absolute Gasteiger partial charge is 0.253 e. The first-order valence-corrected chi connectivity index (χ1v) is 6.29. The van der Waals surface area contributed by atoms with Crippen LogP contribution in [0.5, 0.6) is 0 Å². The van der Waals surface area contributed by atoms with Gasteiger partial charge in [-0.1, -0.05) is 0 Å². The number of hydrogen-bond donors (Lipinski definition) is 2. The number of primary amides is 1. The summed E-state index contributed by atoms with van der Waals surface area (Å²) in [5.74, 6) is -0.427. The molecule has 1 unspecified atom stereocenters. The van der Waals surface area contributed by atoms with Crippen molar-refractivity contribution in [1.29, 1.82) is 0 Å². The van der Waals surface area contributed by atoms with Crippen molar-refractivity contribution < 1.29 is 9.59 Å². The quantitative estimate of drug-likeness (QED) is 0.775. The average molecular weight is 261 g/mol. The van der Waals surface area contributed by atoms with E-state index in [9.17, 15) is 9.59 Å². The van der Waals surface area contributed by atoms with Crippen molar-refractivity contribution in [3.63, 3.8) is 0 Å². The first-order valence-electron chi connectivity index (χ1n) is 6.29. The van der Waals surface area contributed by atoms with Gasteiger partial charge in [0.05, 0.1) is 5.41 Å². The third-order valence-electron chi connectivity index (χ3n) is 3.87. The second-order valence-corrected chi connectivity index (χ2v) is 5.47. The van der Waals surface area contributed by atoms with Gasteiger partial charge in [0.25, 0.3) is 5.91 Å². The minimum atomic E-state index is -0.613. The molecule has 0 bridgehead atoms. The van der Waals surface area contributed by atoms with E-state index in [0.29, 0.717) is 30.8 Å². The molecule has 1 aliphatic rings. The lowest BCUT2D eigenvalue weighted by Gasteiger charge is -2.21. The van der Waals surface area contributed by atoms with Crippen LogP contribution in [0, 0.1) is 12.3 Å². The van der Waals surface area contributed by atoms with Crippen LogP contribution in [0.2, 0.25) is 0 Å². The van der Waals surface area contributed by atoms with E-state index in [4.69, 9.17) is 11.5 Å². The first-order chi connectivity index (χ1) is 8.83. The molecule has 0 saturated carbocycles. The van der Waals surface area contributed by atoms with Crippen molar-refractivity contribution in [3.05, 3.63) is 29.3 Å². The maximum Gasteiger partial charge on any atom is 0.253 e. The fourth-order valence-corrected chi connectivity index (χ4v) is 2.33. The number of carbonyl (C=O) groups is 2. The maximum absolute atomic E-state index is 12.4. The molecule has 1 aromatic rings. The molecule has 0 aromatic heterocycles. The van der Waals surface area contributed by atoms with Gasteiger partial charge in [0.15, 0.2) is 0 Å². The molecule has 2 amide bonds. The summed E-state index contributed by atoms with van der Waals surface area (Å²) in [7, 11) is 0. The second kappa shape index (κ2) is 4.57. The Balaban J connectivity index is 2.18. The van der Waals surface area contributed by atoms with Gasteiger partial charge in [-0.05, 0) is 44.0 Å². The van der Waals surface area contributed by atoms with Crippen molar-refractivity contribution in [2.45, 2.75) is 20.3 Å². The Bertz CT molecular complexity index is 541. The van der Waals surface area contributed by atoms with Gasteiger partial charge in [-0.3, -0.25) is 9.59 Å². The van der Waals surface area contributed by atoms with Crippen molar-refractivity contribution in [2.24, 2.45) is 11.1 Å². The molecule has 1 aromatic carbocycles. The molecule has 19 heavy (non-hydrogen) atoms. The lowest BCUT2D eigenvalue weighted by molar-refractivity contribution is -0.126. The van der Waals surface area contributed by atoms with Gasteiger partial charge in [0.2, 0.25) is 5.91 Å². The summed E-state index contributed by atoms with van der Waals surface area (Å²) in [6, 6.07) is 5.22. The highest BCUT2D eigenvalue weighted by atomic mass is 16.2. The van der Waals surface area contributed by atoms with Crippen LogP contribution in [0.25, 0.3) is 0 Å². The largest absolute Gasteiger partial charge is 0.399 e. The molecule has 102 valence electrons. The predicted octanol–water partition coefficient (Wildman–Crippen LogP) is 0.915. The molecule has 1 atom stereocenters. The summed E-state index contributed by atoms with van der Waals surface area (Å²) < 4.78 is 0. The van der Waals surface area contributed by atoms with E-state index in [2.05, 4.69) is 0 Å². The molecule has 5 nitrogen and oxygen atoms in total. The van der Waals surface area contributed by atoms with E-state index >= 15 is 0 Å². The average Bonchev–Trinajstić information content (AvgIpc) is 2.76. The van der Waals surface area contributed by atoms with Gasteiger partial charge in [-0.25, -0.2) is 0 Å². The highest BCUT2D eigenvalue weighted by Gasteiger charge is 2.40. The van der Waals surface area contributed by atoms with Gasteiger partial charge in [0.1, 0.15) is 0 Å². The summed E-state index contributed by atoms with van der Waals surface area (Å²) in [4.78, 5) is 25.4. The number of rotatable bonds is 2. The normalized spacial score (nSPS) is 22.5. The lowest BCUT2D eigenvalue weighted by Crippen LogP contribution is -2.38. The molecule has 1 aliphatic heterocycles. The number of nitrogens with two attached hydrogens (primary N) is 2. The Labute approximate surface area is 112 Å². The second-order valence-electron chi connectivity index (χ2n) is 5.47. The molecule has 0 spiro atoms. The minimum absolute atomic E-state index is 0.0759. The Morgan fingerprint density at radius 2 is 2.05 bits per heavy atom. The Kier molecular flexibility index (Phi) is 3.22. The van der Waals surface area contributed by atoms with Crippen LogP contribution in [0.1, 0.15) is 29.3 Å². The Hall–Kier alpha value is -2.04. The Morgan fingerprint density at radius 1 is 1.37 bits per heavy atom. The summed E-state index contributed by atoms with van der Waals surface area (Å²) >= 11 is 0. The van der Waals surface area contributed by atoms with E-state index in [0.717, 1.165) is 5.56 Å². The number of nitrogen functional groups attached to an aromatic ring is 1. The van der Waals surface area contributed by atoms with E-state index < -0.39 is 5.41 Å². The number of carbonyl (C=O) groups excluding carboxylic acids is 2. The van der Waals surface area contributed by atoms with Crippen LogP contribution < -0.4 is 11.5 Å². The number of amides is 2. The zero-order chi connectivity index (χ0) is 14.2. The van der Waals surface area contributed by atoms with E-state index in [1.807, 2.05) is 6.92 Å². The molecular weight excluding hydrogens is 242 g/mol. The monoisotopic (exact) mass is 261 g/mol. The number of aryl methyl sites for hydroxylation is 1. The Morgan fingerprint density at radius 3 is 2.58 bits per heavy atom. The first kappa shape index (κ1) is 13.4. The molecule has 5 heteroatoms. The molecule has 1 heterocycles. The highest BCUT2D eigenvalue weighted by molar-refractivity contribution is 5.96. The van der Waals surface area contributed by atoms with Crippen molar-refractivity contribution in [3.8, 4) is 0 Å². The highest BCUT2D eigenvalue weighted by Crippen LogP contribution is 2.30. The van der Waals surface area contributed by atoms with Gasteiger partial charge in [-0.15, -0.1) is 0 Å². The van der Waals surface area contributed by atoms with Crippen LogP contribution in [0.3, 0.4) is 0 Å². The summed E-state index contributed by atoms with van der Waals surface area (Å²) in [6.45, 7) is 4.60. The predicted molar refractivity (Wildman–Crippen MR) is 73.4 cm³/mol. The number of anilines is 1. The summed E-state index contributed by atoms with van der Waals surface area (Å²) in [5.41, 5.74) is 12.7. The number of hydrogen-bond acceptors (Lipinski definition) is 3. The standard InChI is InChI=1S/C14H19N3O2/c1-9-7-10(3-4-11(9)15)12(18)17-6-5-14(2,8-17)13(16)19/h3-4,7H,5-6,8,15H2,1-2H3,(H2,16,19). The van der Waals surface area contributed by atoms with Crippen LogP contribution in [0.15, 0.2) is 18.2 Å². The fourth-order valence-electron chi connectivity index (χ4n) is 2.33. The molecule has 4 N–H and O–H groups in total. The number of likely N-dealkylation sites (tertiary alicyclic amines) is 1. The SMILES string of the molecule is Cc1cc(C(=O)N2CCC(C)(C(N)=O)C2)ccc1N. The van der Waals surface area contributed by atoms with Gasteiger partial charge < -0.3 is 16.4 Å². The van der Waals surface area contributed by atoms with Crippen LogP contribution in [0.4, 0.5) is 5.69 Å². The van der Waals surface area contributed by atoms with Crippen LogP contribution >= 0.6 is 0 Å². The van der Waals surface area contributed by atoms with E-state index in [1.54, 1.807) is 30.0 Å². The lowest BCUT2D eigenvalue weighted by atomic mass is 9.89. The summed E-state index contributed by atoms with van der Waals surface area (Å²) in [6.07, 6.45) is 0.613. The molecule has 1 saturated heterocycles. The van der Waals surface area contributed by atoms with Crippen molar-refractivity contribution >= 4 is 17.5 Å². The fraction of sp³-hybridized carbons (Fsp3) is 0.429. The minimum Gasteiger partial charge on any atom is -0.399 e. The van der Waals surface area contributed by atoms with Gasteiger partial charge in [-0.2, -0.15) is 0 Å². The van der Waals surface area contributed by atoms with Gasteiger partial charge >= 0.3 is 0 Å². The number of nitrogens with zero attached hydrogens (tertiary/aromatic N) is 1. The van der Waals surface area contributed by atoms with Crippen LogP contribution in [-0.4, -0.2) is 29.8 Å². The third kappa shape index (κ3) is 2.41. The maximum atomic E-state index is 12.4. The molecule has 0 aliphatic carbocycles. The van der Waals surface area contributed by atoms with Gasteiger partial charge in [0, 0.05) is 24.3 Å². The summed E-state index contributed by atoms with van der Waals surface area (Å²) in [5, 5.41) is 0. The van der Waals surface area contributed by atoms with Crippen LogP contribution in [-0.2, 0) is 4.79 Å². The third-order valence-corrected chi connectivity index (χ3v) is 3.87. The van der Waals surface area contributed by atoms with E-state index in [1.165, 1.54) is 0 Å². The zero-order valence-electron chi connectivity index (χ0n) is 11.3. The molecule has 0 radical (unpaired) electrons. The topological polar surface area (TPSA) is 89.4 Å². The van der Waals surface area contributed by atoms with Crippen molar-refractivity contribution in [2.75, 3.05) is 18.8 Å². The number of benzene rings is 1. The molecule has 2 rings (SSSR count). The molecular formula is C14H19N3O2. The van der Waals surface area contributed by atoms with Crippen molar-refractivity contribution in [1.82, 2.24) is 4.90 Å². The zero-order valence-corrected chi connectivity index (χ0v) is 11.3. The molecule has 1 fully saturated rings. The van der Waals surface area contributed by atoms with E-state index in [-0.39, 0.29) is 11.8 Å².